The Labute approximate surface area is 102 Å². The minimum Gasteiger partial charge on any atom is -0.497 e. The number of hydrogen-bond donors (Lipinski definition) is 1. The summed E-state index contributed by atoms with van der Waals surface area (Å²) in [6.45, 7) is 1.82. The van der Waals surface area contributed by atoms with Gasteiger partial charge < -0.3 is 9.72 Å². The van der Waals surface area contributed by atoms with Crippen LogP contribution in [0.15, 0.2) is 24.4 Å². The molecule has 2 aromatic rings. The van der Waals surface area contributed by atoms with Crippen LogP contribution >= 0.6 is 15.9 Å². The van der Waals surface area contributed by atoms with Gasteiger partial charge in [-0.3, -0.25) is 4.79 Å². The number of nitrogens with one attached hydrogen (secondary N) is 1. The summed E-state index contributed by atoms with van der Waals surface area (Å²) in [7, 11) is 1.61. The summed E-state index contributed by atoms with van der Waals surface area (Å²) in [5, 5.41) is 0.899. The maximum Gasteiger partial charge on any atom is 0.178 e. The van der Waals surface area contributed by atoms with Crippen LogP contribution in [-0.2, 0) is 0 Å². The molecule has 0 amide bonds. The molecule has 16 heavy (non-hydrogen) atoms. The molecular weight excluding hydrogens is 270 g/mol. The molecule has 0 spiro atoms. The molecular formula is C12H12BrNO2. The van der Waals surface area contributed by atoms with E-state index < -0.39 is 0 Å². The average Bonchev–Trinajstić information content (AvgIpc) is 2.70. The summed E-state index contributed by atoms with van der Waals surface area (Å²) in [6, 6.07) is 5.64. The average molecular weight is 282 g/mol. The third kappa shape index (κ3) is 1.85. The number of methoxy groups -OCH3 is 1. The zero-order chi connectivity index (χ0) is 11.7. The van der Waals surface area contributed by atoms with E-state index in [2.05, 4.69) is 20.9 Å². The van der Waals surface area contributed by atoms with Gasteiger partial charge >= 0.3 is 0 Å². The lowest BCUT2D eigenvalue weighted by atomic mass is 10.1. The van der Waals surface area contributed by atoms with Gasteiger partial charge in [0, 0.05) is 22.7 Å². The predicted molar refractivity (Wildman–Crippen MR) is 67.6 cm³/mol. The summed E-state index contributed by atoms with van der Waals surface area (Å²) >= 11 is 3.29. The molecule has 0 aliphatic carbocycles. The monoisotopic (exact) mass is 281 g/mol. The van der Waals surface area contributed by atoms with Crippen LogP contribution in [0.3, 0.4) is 0 Å². The van der Waals surface area contributed by atoms with Gasteiger partial charge in [-0.05, 0) is 25.1 Å². The number of hydrogen-bond acceptors (Lipinski definition) is 2. The van der Waals surface area contributed by atoms with Gasteiger partial charge in [-0.2, -0.15) is 0 Å². The van der Waals surface area contributed by atoms with Gasteiger partial charge in [0.25, 0.3) is 0 Å². The maximum absolute atomic E-state index is 11.9. The van der Waals surface area contributed by atoms with Gasteiger partial charge in [-0.1, -0.05) is 15.9 Å². The molecule has 0 fully saturated rings. The molecule has 0 bridgehead atoms. The van der Waals surface area contributed by atoms with E-state index in [-0.39, 0.29) is 10.6 Å². The number of ketones is 1. The number of carbonyl (C=O) groups excluding carboxylic acids is 1. The van der Waals surface area contributed by atoms with Crippen LogP contribution in [0.4, 0.5) is 0 Å². The number of alkyl halides is 1. The largest absolute Gasteiger partial charge is 0.497 e. The second-order valence-corrected chi connectivity index (χ2v) is 4.97. The van der Waals surface area contributed by atoms with Crippen molar-refractivity contribution in [3.05, 3.63) is 30.0 Å². The van der Waals surface area contributed by atoms with Crippen LogP contribution in [0, 0.1) is 0 Å². The Kier molecular flexibility index (Phi) is 3.01. The SMILES string of the molecule is COc1ccc2[nH]cc(C(=O)[C@@H](C)Br)c2c1. The van der Waals surface area contributed by atoms with Crippen LogP contribution in [0.2, 0.25) is 0 Å². The number of H-pyrrole nitrogens is 1. The summed E-state index contributed by atoms with van der Waals surface area (Å²) in [6.07, 6.45) is 1.74. The van der Waals surface area contributed by atoms with E-state index in [4.69, 9.17) is 4.74 Å². The summed E-state index contributed by atoms with van der Waals surface area (Å²) < 4.78 is 5.15. The standard InChI is InChI=1S/C12H12BrNO2/c1-7(13)12(15)10-6-14-11-4-3-8(16-2)5-9(10)11/h3-7,14H,1-2H3/t7-/m1/s1. The van der Waals surface area contributed by atoms with E-state index in [9.17, 15) is 4.79 Å². The molecule has 4 heteroatoms. The quantitative estimate of drug-likeness (QED) is 0.694. The van der Waals surface area contributed by atoms with Crippen molar-refractivity contribution in [1.82, 2.24) is 4.98 Å². The first-order valence-corrected chi connectivity index (χ1v) is 5.88. The minimum atomic E-state index is -0.183. The van der Waals surface area contributed by atoms with Crippen molar-refractivity contribution >= 4 is 32.6 Å². The topological polar surface area (TPSA) is 42.1 Å². The highest BCUT2D eigenvalue weighted by Crippen LogP contribution is 2.25. The fourth-order valence-electron chi connectivity index (χ4n) is 1.64. The van der Waals surface area contributed by atoms with Gasteiger partial charge in [0.05, 0.1) is 11.9 Å². The number of aromatic nitrogens is 1. The first-order valence-electron chi connectivity index (χ1n) is 4.97. The fourth-order valence-corrected chi connectivity index (χ4v) is 1.89. The van der Waals surface area contributed by atoms with Gasteiger partial charge in [0.1, 0.15) is 5.75 Å². The van der Waals surface area contributed by atoms with Crippen LogP contribution in [0.25, 0.3) is 10.9 Å². The normalized spacial score (nSPS) is 12.7. The van der Waals surface area contributed by atoms with E-state index in [1.54, 1.807) is 13.3 Å². The molecule has 1 heterocycles. The first kappa shape index (κ1) is 11.2. The smallest absolute Gasteiger partial charge is 0.178 e. The number of halogens is 1. The molecule has 0 aliphatic heterocycles. The van der Waals surface area contributed by atoms with Crippen LogP contribution < -0.4 is 4.74 Å². The second-order valence-electron chi connectivity index (χ2n) is 3.59. The maximum atomic E-state index is 11.9. The number of fused-ring (bicyclic) bond motifs is 1. The minimum absolute atomic E-state index is 0.0690. The lowest BCUT2D eigenvalue weighted by molar-refractivity contribution is 0.0997. The van der Waals surface area contributed by atoms with Crippen molar-refractivity contribution in [1.29, 1.82) is 0 Å². The number of Topliss-reactive ketones (excluding diaryl/α,β-unsaturated/α-hetero) is 1. The molecule has 3 nitrogen and oxygen atoms in total. The molecule has 0 saturated carbocycles. The van der Waals surface area contributed by atoms with E-state index >= 15 is 0 Å². The number of aromatic amines is 1. The van der Waals surface area contributed by atoms with E-state index in [0.29, 0.717) is 5.56 Å². The van der Waals surface area contributed by atoms with Gasteiger partial charge in [-0.25, -0.2) is 0 Å². The highest BCUT2D eigenvalue weighted by molar-refractivity contribution is 9.10. The Hall–Kier alpha value is -1.29. The molecule has 1 aromatic heterocycles. The van der Waals surface area contributed by atoms with Crippen LogP contribution in [0.5, 0.6) is 5.75 Å². The molecule has 1 atom stereocenters. The van der Waals surface area contributed by atoms with Crippen molar-refractivity contribution in [3.63, 3.8) is 0 Å². The van der Waals surface area contributed by atoms with E-state index in [1.165, 1.54) is 0 Å². The number of carbonyl (C=O) groups is 1. The number of ether oxygens (including phenoxy) is 1. The van der Waals surface area contributed by atoms with E-state index in [1.807, 2.05) is 25.1 Å². The zero-order valence-corrected chi connectivity index (χ0v) is 10.7. The number of benzene rings is 1. The van der Waals surface area contributed by atoms with Crippen LogP contribution in [-0.4, -0.2) is 22.7 Å². The summed E-state index contributed by atoms with van der Waals surface area (Å²) in [5.74, 6) is 0.822. The first-order chi connectivity index (χ1) is 7.63. The molecule has 0 aliphatic rings. The lowest BCUT2D eigenvalue weighted by Gasteiger charge is -2.02. The Bertz CT molecular complexity index is 531. The zero-order valence-electron chi connectivity index (χ0n) is 9.08. The van der Waals surface area contributed by atoms with Gasteiger partial charge in [0.15, 0.2) is 5.78 Å². The van der Waals surface area contributed by atoms with Crippen molar-refractivity contribution in [2.24, 2.45) is 0 Å². The van der Waals surface area contributed by atoms with Gasteiger partial charge in [-0.15, -0.1) is 0 Å². The molecule has 2 rings (SSSR count). The predicted octanol–water partition coefficient (Wildman–Crippen LogP) is 3.14. The fraction of sp³-hybridized carbons (Fsp3) is 0.250. The van der Waals surface area contributed by atoms with Crippen molar-refractivity contribution in [2.45, 2.75) is 11.8 Å². The van der Waals surface area contributed by atoms with Crippen molar-refractivity contribution < 1.29 is 9.53 Å². The third-order valence-corrected chi connectivity index (χ3v) is 2.93. The van der Waals surface area contributed by atoms with Crippen LogP contribution in [0.1, 0.15) is 17.3 Å². The van der Waals surface area contributed by atoms with Crippen molar-refractivity contribution in [2.75, 3.05) is 7.11 Å². The number of rotatable bonds is 3. The van der Waals surface area contributed by atoms with Crippen molar-refractivity contribution in [3.8, 4) is 5.75 Å². The second kappa shape index (κ2) is 4.29. The summed E-state index contributed by atoms with van der Waals surface area (Å²) in [5.41, 5.74) is 1.63. The Balaban J connectivity index is 2.58. The molecule has 0 radical (unpaired) electrons. The molecule has 0 saturated heterocycles. The summed E-state index contributed by atoms with van der Waals surface area (Å²) in [4.78, 5) is 14.8. The van der Waals surface area contributed by atoms with E-state index in [0.717, 1.165) is 16.7 Å². The molecule has 1 N–H and O–H groups in total. The third-order valence-electron chi connectivity index (χ3n) is 2.52. The molecule has 1 aromatic carbocycles. The Morgan fingerprint density at radius 2 is 2.25 bits per heavy atom. The highest BCUT2D eigenvalue weighted by atomic mass is 79.9. The van der Waals surface area contributed by atoms with Gasteiger partial charge in [0.2, 0.25) is 0 Å². The Morgan fingerprint density at radius 3 is 2.88 bits per heavy atom. The molecule has 0 unspecified atom stereocenters. The Morgan fingerprint density at radius 1 is 1.50 bits per heavy atom. The molecule has 84 valence electrons. The lowest BCUT2D eigenvalue weighted by Crippen LogP contribution is -2.08. The highest BCUT2D eigenvalue weighted by Gasteiger charge is 2.16.